The molecule has 2 N–H and O–H groups in total. The lowest BCUT2D eigenvalue weighted by Crippen LogP contribution is -2.61. The second-order valence-corrected chi connectivity index (χ2v) is 11.8. The Hall–Kier alpha value is -0.570. The van der Waals surface area contributed by atoms with Crippen molar-refractivity contribution < 1.29 is 15.0 Å². The van der Waals surface area contributed by atoms with Gasteiger partial charge in [0.15, 0.2) is 0 Å². The van der Waals surface area contributed by atoms with Crippen LogP contribution in [0.3, 0.4) is 0 Å². The number of fused-ring (bicyclic) bond motifs is 5. The predicted molar refractivity (Wildman–Crippen MR) is 116 cm³/mol. The average Bonchev–Trinajstić information content (AvgIpc) is 3.04. The van der Waals surface area contributed by atoms with Crippen molar-refractivity contribution in [2.75, 3.05) is 0 Å². The molecule has 0 bridgehead atoms. The van der Waals surface area contributed by atoms with E-state index in [-0.39, 0.29) is 11.5 Å². The molecule has 0 amide bonds. The van der Waals surface area contributed by atoms with Gasteiger partial charge in [0.25, 0.3) is 0 Å². The molecule has 29 heavy (non-hydrogen) atoms. The van der Waals surface area contributed by atoms with E-state index in [0.717, 1.165) is 12.8 Å². The molecule has 0 heterocycles. The van der Waals surface area contributed by atoms with Crippen LogP contribution in [0.2, 0.25) is 0 Å². The van der Waals surface area contributed by atoms with Crippen LogP contribution >= 0.6 is 0 Å². The first-order valence-corrected chi connectivity index (χ1v) is 12.6. The molecule has 4 saturated carbocycles. The number of carbonyl (C=O) groups is 1. The van der Waals surface area contributed by atoms with E-state index < -0.39 is 5.97 Å². The maximum atomic E-state index is 11.7. The van der Waals surface area contributed by atoms with Crippen molar-refractivity contribution in [3.63, 3.8) is 0 Å². The number of hydrogen-bond donors (Lipinski definition) is 2. The fourth-order valence-electron chi connectivity index (χ4n) is 9.57. The first-order valence-electron chi connectivity index (χ1n) is 12.6. The van der Waals surface area contributed by atoms with E-state index >= 15 is 0 Å². The molecule has 166 valence electrons. The van der Waals surface area contributed by atoms with Crippen molar-refractivity contribution in [1.82, 2.24) is 0 Å². The van der Waals surface area contributed by atoms with Crippen LogP contribution in [0.5, 0.6) is 0 Å². The first-order chi connectivity index (χ1) is 13.7. The lowest BCUT2D eigenvalue weighted by atomic mass is 9.41. The number of hydrogen-bond acceptors (Lipinski definition) is 2. The summed E-state index contributed by atoms with van der Waals surface area (Å²) in [5.74, 6) is 3.41. The number of aliphatic carboxylic acids is 1. The van der Waals surface area contributed by atoms with E-state index in [1.807, 2.05) is 0 Å². The highest BCUT2D eigenvalue weighted by atomic mass is 16.4. The highest BCUT2D eigenvalue weighted by Crippen LogP contribution is 2.69. The van der Waals surface area contributed by atoms with E-state index in [4.69, 9.17) is 5.11 Å². The highest BCUT2D eigenvalue weighted by Gasteiger charge is 2.64. The van der Waals surface area contributed by atoms with Gasteiger partial charge in [0.05, 0.1) is 6.10 Å². The molecule has 0 aromatic carbocycles. The van der Waals surface area contributed by atoms with Crippen molar-refractivity contribution in [1.29, 1.82) is 0 Å². The molecule has 0 aromatic rings. The maximum Gasteiger partial charge on any atom is 0.303 e. The summed E-state index contributed by atoms with van der Waals surface area (Å²) >= 11 is 0. The Bertz CT molecular complexity index is 617. The summed E-state index contributed by atoms with van der Waals surface area (Å²) < 4.78 is 0. The normalized spacial score (nSPS) is 50.3. The van der Waals surface area contributed by atoms with Gasteiger partial charge in [0, 0.05) is 6.42 Å². The summed E-state index contributed by atoms with van der Waals surface area (Å²) in [4.78, 5) is 11.1. The Morgan fingerprint density at radius 3 is 2.41 bits per heavy atom. The summed E-state index contributed by atoms with van der Waals surface area (Å²) in [5.41, 5.74) is 0.716. The monoisotopic (exact) mass is 404 g/mol. The molecular formula is C26H44O3. The zero-order valence-electron chi connectivity index (χ0n) is 19.2. The highest BCUT2D eigenvalue weighted by molar-refractivity contribution is 5.66. The Balaban J connectivity index is 1.61. The first kappa shape index (κ1) is 21.7. The zero-order chi connectivity index (χ0) is 21.0. The van der Waals surface area contributed by atoms with Crippen molar-refractivity contribution in [2.24, 2.45) is 52.3 Å². The van der Waals surface area contributed by atoms with Crippen LogP contribution in [0.1, 0.15) is 98.3 Å². The molecule has 0 saturated heterocycles. The van der Waals surface area contributed by atoms with Gasteiger partial charge >= 0.3 is 5.97 Å². The summed E-state index contributed by atoms with van der Waals surface area (Å²) in [6.07, 6.45) is 12.5. The van der Waals surface area contributed by atoms with Crippen LogP contribution < -0.4 is 0 Å². The number of carboxylic acids is 1. The molecule has 3 heteroatoms. The second kappa shape index (κ2) is 7.84. The number of aliphatic hydroxyl groups excluding tert-OH is 1. The lowest BCUT2D eigenvalue weighted by Gasteiger charge is -2.64. The van der Waals surface area contributed by atoms with Crippen molar-refractivity contribution in [3.05, 3.63) is 0 Å². The molecule has 4 aliphatic carbocycles. The minimum atomic E-state index is -0.662. The third-order valence-electron chi connectivity index (χ3n) is 10.9. The topological polar surface area (TPSA) is 57.5 Å². The minimum absolute atomic E-state index is 0.126. The lowest BCUT2D eigenvalue weighted by molar-refractivity contribution is -0.194. The van der Waals surface area contributed by atoms with Crippen LogP contribution in [-0.4, -0.2) is 22.3 Å². The quantitative estimate of drug-likeness (QED) is 0.578. The smallest absolute Gasteiger partial charge is 0.303 e. The molecule has 3 nitrogen and oxygen atoms in total. The number of carboxylic acid groups (broad SMARTS) is 1. The summed E-state index contributed by atoms with van der Waals surface area (Å²) in [6.45, 7) is 9.69. The van der Waals surface area contributed by atoms with Gasteiger partial charge in [-0.05, 0) is 97.2 Å². The molecular weight excluding hydrogens is 360 g/mol. The van der Waals surface area contributed by atoms with Gasteiger partial charge in [-0.1, -0.05) is 47.0 Å². The third kappa shape index (κ3) is 3.29. The van der Waals surface area contributed by atoms with Crippen LogP contribution in [-0.2, 0) is 4.79 Å². The summed E-state index contributed by atoms with van der Waals surface area (Å²) in [7, 11) is 0. The van der Waals surface area contributed by atoms with Gasteiger partial charge in [-0.3, -0.25) is 4.79 Å². The molecule has 0 aromatic heterocycles. The molecule has 10 atom stereocenters. The van der Waals surface area contributed by atoms with Gasteiger partial charge in [-0.2, -0.15) is 0 Å². The molecule has 3 unspecified atom stereocenters. The largest absolute Gasteiger partial charge is 0.481 e. The van der Waals surface area contributed by atoms with Crippen LogP contribution in [0, 0.1) is 52.3 Å². The molecule has 0 spiro atoms. The second-order valence-electron chi connectivity index (χ2n) is 11.8. The van der Waals surface area contributed by atoms with Crippen molar-refractivity contribution >= 4 is 5.97 Å². The third-order valence-corrected chi connectivity index (χ3v) is 10.9. The predicted octanol–water partition coefficient (Wildman–Crippen LogP) is 6.14. The zero-order valence-corrected chi connectivity index (χ0v) is 19.2. The Morgan fingerprint density at radius 2 is 1.72 bits per heavy atom. The Morgan fingerprint density at radius 1 is 1.00 bits per heavy atom. The van der Waals surface area contributed by atoms with Gasteiger partial charge in [0.2, 0.25) is 0 Å². The molecule has 4 rings (SSSR count). The molecule has 0 aliphatic heterocycles. The average molecular weight is 405 g/mol. The van der Waals surface area contributed by atoms with Gasteiger partial charge in [-0.25, -0.2) is 0 Å². The van der Waals surface area contributed by atoms with Crippen molar-refractivity contribution in [2.45, 2.75) is 104 Å². The number of rotatable bonds is 5. The van der Waals surface area contributed by atoms with E-state index in [1.54, 1.807) is 0 Å². The fraction of sp³-hybridized carbons (Fsp3) is 0.962. The molecule has 0 radical (unpaired) electrons. The Labute approximate surface area is 178 Å². The Kier molecular flexibility index (Phi) is 5.86. The SMILES string of the molecule is CC[C@H]1[C@H](O)C2C3CC[C@H]([C@H](C)CCC(=O)O)[C@@]3(C)CCC2[C@@]2(C)CCCC[C@@H]12. The van der Waals surface area contributed by atoms with Gasteiger partial charge < -0.3 is 10.2 Å². The van der Waals surface area contributed by atoms with Gasteiger partial charge in [-0.15, -0.1) is 0 Å². The van der Waals surface area contributed by atoms with E-state index in [2.05, 4.69) is 27.7 Å². The fourth-order valence-corrected chi connectivity index (χ4v) is 9.57. The maximum absolute atomic E-state index is 11.7. The van der Waals surface area contributed by atoms with E-state index in [0.29, 0.717) is 53.3 Å². The molecule has 4 fully saturated rings. The van der Waals surface area contributed by atoms with Crippen LogP contribution in [0.4, 0.5) is 0 Å². The van der Waals surface area contributed by atoms with Gasteiger partial charge in [0.1, 0.15) is 0 Å². The minimum Gasteiger partial charge on any atom is -0.481 e. The standard InChI is InChI=1S/C26H44O3/c1-5-17-19-8-6-7-14-25(19,3)21-13-15-26(4)18(16(2)9-12-22(27)28)10-11-20(26)23(21)24(17)29/h16-21,23-24,29H,5-15H2,1-4H3,(H,27,28)/t16-,17-,18-,19+,20?,21?,23?,24+,25+,26-/m1/s1. The number of aliphatic hydroxyl groups is 1. The summed E-state index contributed by atoms with van der Waals surface area (Å²) in [5, 5.41) is 20.9. The van der Waals surface area contributed by atoms with Crippen LogP contribution in [0.15, 0.2) is 0 Å². The molecule has 4 aliphatic rings. The van der Waals surface area contributed by atoms with Crippen LogP contribution in [0.25, 0.3) is 0 Å². The summed E-state index contributed by atoms with van der Waals surface area (Å²) in [6, 6.07) is 0. The van der Waals surface area contributed by atoms with E-state index in [1.165, 1.54) is 51.4 Å². The van der Waals surface area contributed by atoms with E-state index in [9.17, 15) is 9.90 Å². The van der Waals surface area contributed by atoms with Crippen molar-refractivity contribution in [3.8, 4) is 0 Å².